The Bertz CT molecular complexity index is 2450. The molecule has 0 aliphatic heterocycles. The molecule has 0 N–H and O–H groups in total. The van der Waals surface area contributed by atoms with E-state index in [1.54, 1.807) is 0 Å². The van der Waals surface area contributed by atoms with Crippen molar-refractivity contribution in [3.63, 3.8) is 0 Å². The molecule has 6 aromatic rings. The fraction of sp³-hybridized carbons (Fsp3) is 0. The molecule has 0 radical (unpaired) electrons. The summed E-state index contributed by atoms with van der Waals surface area (Å²) < 4.78 is 12.3. The van der Waals surface area contributed by atoms with Gasteiger partial charge < -0.3 is 9.47 Å². The van der Waals surface area contributed by atoms with Gasteiger partial charge in [0.15, 0.2) is 5.78 Å². The molecule has 3 nitrogen and oxygen atoms in total. The molecule has 0 aromatic heterocycles. The number of hydrogen-bond acceptors (Lipinski definition) is 3. The van der Waals surface area contributed by atoms with Gasteiger partial charge in [-0.05, 0) is 83.4 Å². The van der Waals surface area contributed by atoms with Gasteiger partial charge in [-0.25, -0.2) is 0 Å². The SMILES string of the molecule is C#Cc1cc(Oc2ccccc2)ccc1C1=C(c2ccccc2)C(=O)C(c2ccccc2C#C)=C1c1ccc(Oc2ccccc2)cc1C#C. The number of hydrogen-bond donors (Lipinski definition) is 0. The fourth-order valence-corrected chi connectivity index (χ4v) is 6.20. The Labute approximate surface area is 292 Å². The number of allylic oxidation sites excluding steroid dienone is 4. The summed E-state index contributed by atoms with van der Waals surface area (Å²) in [4.78, 5) is 15.0. The third-order valence-corrected chi connectivity index (χ3v) is 8.41. The lowest BCUT2D eigenvalue weighted by molar-refractivity contribution is -0.108. The summed E-state index contributed by atoms with van der Waals surface area (Å²) in [6, 6.07) is 47.0. The minimum Gasteiger partial charge on any atom is -0.457 e. The molecule has 50 heavy (non-hydrogen) atoms. The van der Waals surface area contributed by atoms with Crippen molar-refractivity contribution in [3.05, 3.63) is 191 Å². The molecule has 234 valence electrons. The maximum atomic E-state index is 15.0. The number of Topliss-reactive ketones (excluding diaryl/α,β-unsaturated/α-hetero) is 1. The largest absolute Gasteiger partial charge is 0.457 e. The highest BCUT2D eigenvalue weighted by molar-refractivity contribution is 6.59. The normalized spacial score (nSPS) is 12.2. The van der Waals surface area contributed by atoms with Gasteiger partial charge in [-0.15, -0.1) is 19.3 Å². The summed E-state index contributed by atoms with van der Waals surface area (Å²) in [6.45, 7) is 0. The summed E-state index contributed by atoms with van der Waals surface area (Å²) in [6.07, 6.45) is 18.5. The minimum atomic E-state index is -0.191. The van der Waals surface area contributed by atoms with E-state index in [4.69, 9.17) is 28.7 Å². The van der Waals surface area contributed by atoms with Crippen LogP contribution in [0.25, 0.3) is 22.3 Å². The number of benzene rings is 6. The van der Waals surface area contributed by atoms with E-state index in [0.29, 0.717) is 78.7 Å². The average molecular weight is 641 g/mol. The van der Waals surface area contributed by atoms with Crippen molar-refractivity contribution in [1.29, 1.82) is 0 Å². The Morgan fingerprint density at radius 2 is 0.800 bits per heavy atom. The van der Waals surface area contributed by atoms with Crippen molar-refractivity contribution >= 4 is 28.1 Å². The van der Waals surface area contributed by atoms with E-state index >= 15 is 4.79 Å². The highest BCUT2D eigenvalue weighted by atomic mass is 16.5. The molecule has 0 fully saturated rings. The monoisotopic (exact) mass is 640 g/mol. The molecule has 3 heteroatoms. The number of carbonyl (C=O) groups is 1. The molecule has 0 bridgehead atoms. The summed E-state index contributed by atoms with van der Waals surface area (Å²) in [7, 11) is 0. The van der Waals surface area contributed by atoms with Crippen molar-refractivity contribution < 1.29 is 14.3 Å². The molecular formula is C47H28O3. The molecular weight excluding hydrogens is 613 g/mol. The Morgan fingerprint density at radius 3 is 1.30 bits per heavy atom. The van der Waals surface area contributed by atoms with Gasteiger partial charge in [0.1, 0.15) is 23.0 Å². The maximum Gasteiger partial charge on any atom is 0.195 e. The molecule has 0 unspecified atom stereocenters. The highest BCUT2D eigenvalue weighted by Crippen LogP contribution is 2.52. The molecule has 1 aliphatic carbocycles. The van der Waals surface area contributed by atoms with Crippen molar-refractivity contribution in [3.8, 4) is 60.0 Å². The third-order valence-electron chi connectivity index (χ3n) is 8.41. The van der Waals surface area contributed by atoms with E-state index in [2.05, 4.69) is 17.8 Å². The zero-order valence-corrected chi connectivity index (χ0v) is 26.9. The third kappa shape index (κ3) is 5.98. The van der Waals surface area contributed by atoms with Crippen molar-refractivity contribution in [1.82, 2.24) is 0 Å². The van der Waals surface area contributed by atoms with Crippen LogP contribution in [0.3, 0.4) is 0 Å². The molecule has 7 rings (SSSR count). The van der Waals surface area contributed by atoms with Gasteiger partial charge >= 0.3 is 0 Å². The summed E-state index contributed by atoms with van der Waals surface area (Å²) in [5.74, 6) is 10.8. The standard InChI is InChI=1S/C47H28O3/c1-4-32-18-16-17-25-40(32)46-45(42-29-27-39(31-34(42)6-3)50-37-23-14-9-15-24-37)44(43(47(46)48)35-19-10-7-11-20-35)41-28-26-38(30-33(41)5-2)49-36-21-12-8-13-22-36/h1-3,7-31H. The molecule has 1 aliphatic rings. The van der Waals surface area contributed by atoms with E-state index in [1.807, 2.05) is 152 Å². The zero-order valence-electron chi connectivity index (χ0n) is 26.9. The first-order valence-electron chi connectivity index (χ1n) is 15.9. The number of terminal acetylenes is 3. The van der Waals surface area contributed by atoms with Crippen molar-refractivity contribution in [2.45, 2.75) is 0 Å². The van der Waals surface area contributed by atoms with Crippen LogP contribution in [0.1, 0.15) is 38.9 Å². The van der Waals surface area contributed by atoms with Crippen LogP contribution in [-0.2, 0) is 4.79 Å². The van der Waals surface area contributed by atoms with E-state index in [-0.39, 0.29) is 5.78 Å². The topological polar surface area (TPSA) is 35.5 Å². The predicted molar refractivity (Wildman–Crippen MR) is 201 cm³/mol. The van der Waals surface area contributed by atoms with Gasteiger partial charge in [-0.2, -0.15) is 0 Å². The Balaban J connectivity index is 1.51. The lowest BCUT2D eigenvalue weighted by Gasteiger charge is -2.18. The first-order chi connectivity index (χ1) is 24.6. The van der Waals surface area contributed by atoms with Gasteiger partial charge in [0.05, 0.1) is 0 Å². The smallest absolute Gasteiger partial charge is 0.195 e. The number of rotatable bonds is 8. The van der Waals surface area contributed by atoms with Crippen LogP contribution < -0.4 is 9.47 Å². The van der Waals surface area contributed by atoms with Crippen LogP contribution in [0.2, 0.25) is 0 Å². The highest BCUT2D eigenvalue weighted by Gasteiger charge is 2.37. The van der Waals surface area contributed by atoms with Crippen LogP contribution in [0.5, 0.6) is 23.0 Å². The maximum absolute atomic E-state index is 15.0. The number of ether oxygens (including phenoxy) is 2. The first-order valence-corrected chi connectivity index (χ1v) is 15.9. The second kappa shape index (κ2) is 13.9. The van der Waals surface area contributed by atoms with Crippen molar-refractivity contribution in [2.24, 2.45) is 0 Å². The molecule has 0 atom stereocenters. The number of ketones is 1. The van der Waals surface area contributed by atoms with Crippen LogP contribution in [0.15, 0.2) is 152 Å². The van der Waals surface area contributed by atoms with E-state index in [0.717, 1.165) is 5.56 Å². The fourth-order valence-electron chi connectivity index (χ4n) is 6.20. The number of para-hydroxylation sites is 2. The minimum absolute atomic E-state index is 0.191. The lowest BCUT2D eigenvalue weighted by atomic mass is 9.85. The van der Waals surface area contributed by atoms with Crippen LogP contribution in [0.4, 0.5) is 0 Å². The molecule has 0 saturated heterocycles. The predicted octanol–water partition coefficient (Wildman–Crippen LogP) is 10.3. The van der Waals surface area contributed by atoms with E-state index in [1.165, 1.54) is 0 Å². The van der Waals surface area contributed by atoms with Crippen molar-refractivity contribution in [2.75, 3.05) is 0 Å². The summed E-state index contributed by atoms with van der Waals surface area (Å²) in [5.41, 5.74) is 6.56. The summed E-state index contributed by atoms with van der Waals surface area (Å²) >= 11 is 0. The molecule has 0 saturated carbocycles. The van der Waals surface area contributed by atoms with Gasteiger partial charge in [0.25, 0.3) is 0 Å². The Hall–Kier alpha value is -7.25. The Morgan fingerprint density at radius 1 is 0.380 bits per heavy atom. The van der Waals surface area contributed by atoms with Crippen LogP contribution in [-0.4, -0.2) is 5.78 Å². The Kier molecular flexibility index (Phi) is 8.69. The van der Waals surface area contributed by atoms with Gasteiger partial charge in [0.2, 0.25) is 0 Å². The quantitative estimate of drug-likeness (QED) is 0.155. The van der Waals surface area contributed by atoms with Gasteiger partial charge in [-0.3, -0.25) is 4.79 Å². The number of carbonyl (C=O) groups excluding carboxylic acids is 1. The molecule has 6 aromatic carbocycles. The summed E-state index contributed by atoms with van der Waals surface area (Å²) in [5, 5.41) is 0. The molecule has 0 spiro atoms. The van der Waals surface area contributed by atoms with Gasteiger partial charge in [-0.1, -0.05) is 103 Å². The van der Waals surface area contributed by atoms with Crippen LogP contribution in [0, 0.1) is 37.0 Å². The first kappa shape index (κ1) is 31.4. The second-order valence-corrected chi connectivity index (χ2v) is 11.4. The van der Waals surface area contributed by atoms with E-state index < -0.39 is 0 Å². The van der Waals surface area contributed by atoms with E-state index in [9.17, 15) is 0 Å². The second-order valence-electron chi connectivity index (χ2n) is 11.4. The van der Waals surface area contributed by atoms with Crippen LogP contribution >= 0.6 is 0 Å². The lowest BCUT2D eigenvalue weighted by Crippen LogP contribution is -2.03. The zero-order chi connectivity index (χ0) is 34.5. The average Bonchev–Trinajstić information content (AvgIpc) is 3.47. The van der Waals surface area contributed by atoms with Gasteiger partial charge in [0, 0.05) is 44.5 Å². The molecule has 0 amide bonds. The molecule has 0 heterocycles.